The van der Waals surface area contributed by atoms with Crippen LogP contribution in [0.4, 0.5) is 0 Å². The molecule has 0 aliphatic carbocycles. The molecule has 226 valence electrons. The zero-order chi connectivity index (χ0) is 32.2. The molecular formula is C46H32N2. The Kier molecular flexibility index (Phi) is 6.48. The Balaban J connectivity index is 1.32. The number of rotatable bonds is 5. The first kappa shape index (κ1) is 27.9. The minimum Gasteiger partial charge on any atom is -0.404 e. The van der Waals surface area contributed by atoms with E-state index in [4.69, 9.17) is 5.73 Å². The Bertz CT molecular complexity index is 2740. The topological polar surface area (TPSA) is 30.9 Å². The van der Waals surface area contributed by atoms with Gasteiger partial charge >= 0.3 is 0 Å². The van der Waals surface area contributed by atoms with Crippen LogP contribution in [0, 0.1) is 0 Å². The van der Waals surface area contributed by atoms with E-state index in [1.807, 2.05) is 6.08 Å². The van der Waals surface area contributed by atoms with Crippen molar-refractivity contribution in [3.8, 4) is 27.9 Å². The number of allylic oxidation sites excluding steroid dienone is 2. The molecule has 1 aromatic heterocycles. The molecule has 9 aromatic rings. The normalized spacial score (nSPS) is 12.0. The van der Waals surface area contributed by atoms with Gasteiger partial charge in [-0.1, -0.05) is 152 Å². The van der Waals surface area contributed by atoms with Crippen LogP contribution in [0.2, 0.25) is 0 Å². The van der Waals surface area contributed by atoms with Crippen LogP contribution in [-0.2, 0) is 0 Å². The van der Waals surface area contributed by atoms with E-state index in [0.717, 1.165) is 22.3 Å². The molecule has 0 bridgehead atoms. The molecule has 0 unspecified atom stereocenters. The summed E-state index contributed by atoms with van der Waals surface area (Å²) in [5.41, 5.74) is 16.4. The highest BCUT2D eigenvalue weighted by Gasteiger charge is 2.18. The summed E-state index contributed by atoms with van der Waals surface area (Å²) in [6, 6.07) is 57.3. The number of nitrogens with zero attached hydrogens (tertiary/aromatic N) is 1. The summed E-state index contributed by atoms with van der Waals surface area (Å²) >= 11 is 0. The van der Waals surface area contributed by atoms with Crippen molar-refractivity contribution >= 4 is 59.7 Å². The van der Waals surface area contributed by atoms with Crippen LogP contribution in [0.3, 0.4) is 0 Å². The molecule has 0 saturated carbocycles. The summed E-state index contributed by atoms with van der Waals surface area (Å²) in [7, 11) is 0. The summed E-state index contributed by atoms with van der Waals surface area (Å²) in [4.78, 5) is 0. The quantitative estimate of drug-likeness (QED) is 0.193. The lowest BCUT2D eigenvalue weighted by Crippen LogP contribution is -1.97. The van der Waals surface area contributed by atoms with E-state index in [-0.39, 0.29) is 0 Å². The smallest absolute Gasteiger partial charge is 0.0619 e. The highest BCUT2D eigenvalue weighted by atomic mass is 15.0. The van der Waals surface area contributed by atoms with Crippen molar-refractivity contribution in [2.75, 3.05) is 0 Å². The van der Waals surface area contributed by atoms with E-state index in [1.165, 1.54) is 70.9 Å². The van der Waals surface area contributed by atoms with Crippen molar-refractivity contribution in [1.82, 2.24) is 4.57 Å². The molecule has 0 aliphatic heterocycles. The van der Waals surface area contributed by atoms with Crippen LogP contribution in [0.15, 0.2) is 177 Å². The zero-order valence-electron chi connectivity index (χ0n) is 26.4. The van der Waals surface area contributed by atoms with E-state index in [2.05, 4.69) is 169 Å². The lowest BCUT2D eigenvalue weighted by Gasteiger charge is -2.15. The maximum absolute atomic E-state index is 6.03. The van der Waals surface area contributed by atoms with Gasteiger partial charge in [-0.2, -0.15) is 0 Å². The second-order valence-electron chi connectivity index (χ2n) is 12.4. The number of fused-ring (bicyclic) bond motifs is 7. The fourth-order valence-electron chi connectivity index (χ4n) is 7.54. The Morgan fingerprint density at radius 1 is 0.500 bits per heavy atom. The van der Waals surface area contributed by atoms with Gasteiger partial charge in [-0.05, 0) is 73.1 Å². The lowest BCUT2D eigenvalue weighted by molar-refractivity contribution is 1.20. The van der Waals surface area contributed by atoms with Crippen molar-refractivity contribution in [2.24, 2.45) is 5.73 Å². The van der Waals surface area contributed by atoms with Gasteiger partial charge in [-0.3, -0.25) is 0 Å². The molecule has 2 heteroatoms. The number of aromatic nitrogens is 1. The minimum absolute atomic E-state index is 0.909. The summed E-state index contributed by atoms with van der Waals surface area (Å²) in [6.45, 7) is 4.01. The maximum Gasteiger partial charge on any atom is 0.0619 e. The predicted octanol–water partition coefficient (Wildman–Crippen LogP) is 12.1. The molecular weight excluding hydrogens is 581 g/mol. The third kappa shape index (κ3) is 4.27. The molecule has 2 nitrogen and oxygen atoms in total. The molecule has 0 radical (unpaired) electrons. The molecule has 0 fully saturated rings. The highest BCUT2D eigenvalue weighted by molar-refractivity contribution is 6.20. The summed E-state index contributed by atoms with van der Waals surface area (Å²) in [5, 5.41) is 9.77. The van der Waals surface area contributed by atoms with Crippen molar-refractivity contribution in [2.45, 2.75) is 0 Å². The van der Waals surface area contributed by atoms with Gasteiger partial charge in [0.15, 0.2) is 0 Å². The first-order valence-corrected chi connectivity index (χ1v) is 16.3. The lowest BCUT2D eigenvalue weighted by atomic mass is 9.91. The SMILES string of the molecule is C=C/C(=C\N)c1ccc2c3ccc4cc(-c5ccc(-c6ccccc6)c6ccccc56)ccc4c3n(-c3cccc4ccccc34)c2c1. The van der Waals surface area contributed by atoms with Crippen LogP contribution in [0.5, 0.6) is 0 Å². The largest absolute Gasteiger partial charge is 0.404 e. The van der Waals surface area contributed by atoms with E-state index in [0.29, 0.717) is 0 Å². The molecule has 0 amide bonds. The Morgan fingerprint density at radius 3 is 1.94 bits per heavy atom. The average molecular weight is 613 g/mol. The number of hydrogen-bond donors (Lipinski definition) is 1. The van der Waals surface area contributed by atoms with Gasteiger partial charge in [-0.15, -0.1) is 0 Å². The molecule has 48 heavy (non-hydrogen) atoms. The average Bonchev–Trinajstić information content (AvgIpc) is 3.48. The number of hydrogen-bond acceptors (Lipinski definition) is 1. The molecule has 1 heterocycles. The van der Waals surface area contributed by atoms with E-state index >= 15 is 0 Å². The van der Waals surface area contributed by atoms with Crippen LogP contribution in [0.1, 0.15) is 5.56 Å². The van der Waals surface area contributed by atoms with Crippen LogP contribution >= 0.6 is 0 Å². The van der Waals surface area contributed by atoms with Gasteiger partial charge in [0.05, 0.1) is 16.7 Å². The van der Waals surface area contributed by atoms with Crippen LogP contribution < -0.4 is 5.73 Å². The fourth-order valence-corrected chi connectivity index (χ4v) is 7.54. The minimum atomic E-state index is 0.909. The van der Waals surface area contributed by atoms with Gasteiger partial charge in [-0.25, -0.2) is 0 Å². The van der Waals surface area contributed by atoms with Gasteiger partial charge in [0, 0.05) is 27.7 Å². The van der Waals surface area contributed by atoms with E-state index in [1.54, 1.807) is 6.20 Å². The third-order valence-corrected chi connectivity index (χ3v) is 9.80. The Hall–Kier alpha value is -6.38. The van der Waals surface area contributed by atoms with Crippen molar-refractivity contribution < 1.29 is 0 Å². The molecule has 2 N–H and O–H groups in total. The van der Waals surface area contributed by atoms with Crippen molar-refractivity contribution in [3.63, 3.8) is 0 Å². The second kappa shape index (κ2) is 11.2. The molecule has 0 atom stereocenters. The number of benzene rings is 8. The van der Waals surface area contributed by atoms with E-state index < -0.39 is 0 Å². The highest BCUT2D eigenvalue weighted by Crippen LogP contribution is 2.41. The van der Waals surface area contributed by atoms with Crippen LogP contribution in [0.25, 0.3) is 87.6 Å². The molecule has 0 saturated heterocycles. The van der Waals surface area contributed by atoms with Gasteiger partial charge in [0.25, 0.3) is 0 Å². The standard InChI is InChI=1S/C46H32N2/c1-2-30(29-47)33-19-23-42-43-24-21-35-27-34(37-26-25-36(31-11-4-3-5-12-31)40-16-8-9-17-41(37)40)20-22-39(35)46(43)48(45(42)28-33)44-18-10-14-32-13-6-7-15-38(32)44/h2-29H,1,47H2/b30-29+. The fraction of sp³-hybridized carbons (Fsp3) is 0. The van der Waals surface area contributed by atoms with Gasteiger partial charge in [0.1, 0.15) is 0 Å². The first-order valence-electron chi connectivity index (χ1n) is 16.3. The molecule has 0 spiro atoms. The maximum atomic E-state index is 6.03. The summed E-state index contributed by atoms with van der Waals surface area (Å²) < 4.78 is 2.44. The zero-order valence-corrected chi connectivity index (χ0v) is 26.4. The summed E-state index contributed by atoms with van der Waals surface area (Å²) in [5.74, 6) is 0. The molecule has 9 rings (SSSR count). The van der Waals surface area contributed by atoms with Crippen molar-refractivity contribution in [3.05, 3.63) is 182 Å². The molecule has 0 aliphatic rings. The predicted molar refractivity (Wildman–Crippen MR) is 207 cm³/mol. The van der Waals surface area contributed by atoms with Crippen molar-refractivity contribution in [1.29, 1.82) is 0 Å². The molecule has 8 aromatic carbocycles. The van der Waals surface area contributed by atoms with Gasteiger partial charge in [0.2, 0.25) is 0 Å². The monoisotopic (exact) mass is 612 g/mol. The Morgan fingerprint density at radius 2 is 1.17 bits per heavy atom. The number of nitrogens with two attached hydrogens (primary N) is 1. The van der Waals surface area contributed by atoms with E-state index in [9.17, 15) is 0 Å². The van der Waals surface area contributed by atoms with Gasteiger partial charge < -0.3 is 10.3 Å². The Labute approximate surface area is 279 Å². The van der Waals surface area contributed by atoms with Crippen LogP contribution in [-0.4, -0.2) is 4.57 Å². The third-order valence-electron chi connectivity index (χ3n) is 9.80. The first-order chi connectivity index (χ1) is 23.7. The summed E-state index contributed by atoms with van der Waals surface area (Å²) in [6.07, 6.45) is 3.45. The second-order valence-corrected chi connectivity index (χ2v) is 12.4.